The molecular weight excluding hydrogens is 279 g/mol. The van der Waals surface area contributed by atoms with Crippen LogP contribution in [0.15, 0.2) is 30.3 Å². The summed E-state index contributed by atoms with van der Waals surface area (Å²) < 4.78 is 25.7. The Kier molecular flexibility index (Phi) is 3.59. The molecular formula is C19H21FO2. The standard InChI is InChI=1S/C19H21FO2/c1-12-6-5-7-17(13(12)2)21-11-15-9-16(20)8-14-10-19(3,4)22-18(14)15/h5-9H,10-11H2,1-4H3. The number of halogens is 1. The number of ether oxygens (including phenoxy) is 2. The first kappa shape index (κ1) is 14.9. The van der Waals surface area contributed by atoms with E-state index in [1.165, 1.54) is 11.6 Å². The molecule has 1 heterocycles. The molecule has 2 aromatic carbocycles. The van der Waals surface area contributed by atoms with Crippen LogP contribution in [-0.4, -0.2) is 5.60 Å². The summed E-state index contributed by atoms with van der Waals surface area (Å²) in [6, 6.07) is 9.02. The molecule has 0 saturated carbocycles. The van der Waals surface area contributed by atoms with E-state index in [0.29, 0.717) is 6.61 Å². The third kappa shape index (κ3) is 2.80. The lowest BCUT2D eigenvalue weighted by atomic mass is 10.0. The number of benzene rings is 2. The van der Waals surface area contributed by atoms with Gasteiger partial charge in [0.25, 0.3) is 0 Å². The highest BCUT2D eigenvalue weighted by atomic mass is 19.1. The maximum absolute atomic E-state index is 13.8. The molecule has 0 spiro atoms. The lowest BCUT2D eigenvalue weighted by molar-refractivity contribution is 0.135. The van der Waals surface area contributed by atoms with Crippen LogP contribution < -0.4 is 9.47 Å². The molecule has 0 fully saturated rings. The molecule has 2 nitrogen and oxygen atoms in total. The average Bonchev–Trinajstić information content (AvgIpc) is 2.74. The Bertz CT molecular complexity index is 720. The highest BCUT2D eigenvalue weighted by Crippen LogP contribution is 2.38. The van der Waals surface area contributed by atoms with Gasteiger partial charge >= 0.3 is 0 Å². The molecule has 1 aliphatic rings. The highest BCUT2D eigenvalue weighted by molar-refractivity contribution is 5.46. The smallest absolute Gasteiger partial charge is 0.130 e. The van der Waals surface area contributed by atoms with Crippen molar-refractivity contribution >= 4 is 0 Å². The molecule has 0 aromatic heterocycles. The van der Waals surface area contributed by atoms with E-state index in [9.17, 15) is 4.39 Å². The second-order valence-electron chi connectivity index (χ2n) is 6.58. The van der Waals surface area contributed by atoms with Crippen molar-refractivity contribution in [2.45, 2.75) is 46.3 Å². The number of fused-ring (bicyclic) bond motifs is 1. The van der Waals surface area contributed by atoms with Crippen LogP contribution in [0.5, 0.6) is 11.5 Å². The van der Waals surface area contributed by atoms with E-state index in [1.807, 2.05) is 45.9 Å². The summed E-state index contributed by atoms with van der Waals surface area (Å²) in [6.07, 6.45) is 0.719. The van der Waals surface area contributed by atoms with Gasteiger partial charge in [0.1, 0.15) is 29.5 Å². The molecule has 3 heteroatoms. The van der Waals surface area contributed by atoms with Gasteiger partial charge in [0.15, 0.2) is 0 Å². The summed E-state index contributed by atoms with van der Waals surface area (Å²) in [5, 5.41) is 0. The Morgan fingerprint density at radius 2 is 2.00 bits per heavy atom. The molecule has 0 aliphatic carbocycles. The van der Waals surface area contributed by atoms with E-state index in [1.54, 1.807) is 6.07 Å². The van der Waals surface area contributed by atoms with Gasteiger partial charge in [0, 0.05) is 17.5 Å². The van der Waals surface area contributed by atoms with Gasteiger partial charge in [0.2, 0.25) is 0 Å². The largest absolute Gasteiger partial charge is 0.488 e. The van der Waals surface area contributed by atoms with Crippen molar-refractivity contribution in [3.63, 3.8) is 0 Å². The van der Waals surface area contributed by atoms with Gasteiger partial charge in [-0.2, -0.15) is 0 Å². The van der Waals surface area contributed by atoms with Crippen LogP contribution >= 0.6 is 0 Å². The summed E-state index contributed by atoms with van der Waals surface area (Å²) in [4.78, 5) is 0. The first-order chi connectivity index (χ1) is 10.4. The van der Waals surface area contributed by atoms with E-state index in [-0.39, 0.29) is 11.4 Å². The van der Waals surface area contributed by atoms with Crippen molar-refractivity contribution in [2.24, 2.45) is 0 Å². The van der Waals surface area contributed by atoms with Crippen LogP contribution in [-0.2, 0) is 13.0 Å². The van der Waals surface area contributed by atoms with Crippen molar-refractivity contribution in [2.75, 3.05) is 0 Å². The zero-order valence-corrected chi connectivity index (χ0v) is 13.5. The molecule has 0 N–H and O–H groups in total. The molecule has 22 heavy (non-hydrogen) atoms. The summed E-state index contributed by atoms with van der Waals surface area (Å²) in [5.41, 5.74) is 3.69. The first-order valence-corrected chi connectivity index (χ1v) is 7.55. The van der Waals surface area contributed by atoms with Crippen molar-refractivity contribution in [1.82, 2.24) is 0 Å². The van der Waals surface area contributed by atoms with Crippen molar-refractivity contribution < 1.29 is 13.9 Å². The van der Waals surface area contributed by atoms with Gasteiger partial charge in [-0.05, 0) is 57.0 Å². The molecule has 0 amide bonds. The predicted octanol–water partition coefficient (Wildman–Crippen LogP) is 4.74. The van der Waals surface area contributed by atoms with Gasteiger partial charge in [-0.15, -0.1) is 0 Å². The molecule has 0 radical (unpaired) electrons. The van der Waals surface area contributed by atoms with E-state index < -0.39 is 0 Å². The predicted molar refractivity (Wildman–Crippen MR) is 85.1 cm³/mol. The van der Waals surface area contributed by atoms with Crippen LogP contribution in [0.2, 0.25) is 0 Å². The van der Waals surface area contributed by atoms with Crippen LogP contribution in [0.4, 0.5) is 4.39 Å². The maximum Gasteiger partial charge on any atom is 0.130 e. The molecule has 2 aromatic rings. The fourth-order valence-corrected chi connectivity index (χ4v) is 2.89. The summed E-state index contributed by atoms with van der Waals surface area (Å²) in [6.45, 7) is 8.41. The zero-order valence-electron chi connectivity index (χ0n) is 13.5. The van der Waals surface area contributed by atoms with Crippen LogP contribution in [0.25, 0.3) is 0 Å². The first-order valence-electron chi connectivity index (χ1n) is 7.55. The highest BCUT2D eigenvalue weighted by Gasteiger charge is 2.32. The lowest BCUT2D eigenvalue weighted by Gasteiger charge is -2.18. The van der Waals surface area contributed by atoms with Crippen LogP contribution in [0, 0.1) is 19.7 Å². The maximum atomic E-state index is 13.8. The van der Waals surface area contributed by atoms with Gasteiger partial charge in [0.05, 0.1) is 0 Å². The Morgan fingerprint density at radius 3 is 2.77 bits per heavy atom. The fraction of sp³-hybridized carbons (Fsp3) is 0.368. The number of hydrogen-bond acceptors (Lipinski definition) is 2. The van der Waals surface area contributed by atoms with Gasteiger partial charge in [-0.25, -0.2) is 4.39 Å². The van der Waals surface area contributed by atoms with E-state index in [2.05, 4.69) is 0 Å². The summed E-state index contributed by atoms with van der Waals surface area (Å²) >= 11 is 0. The van der Waals surface area contributed by atoms with Crippen LogP contribution in [0.3, 0.4) is 0 Å². The average molecular weight is 300 g/mol. The van der Waals surface area contributed by atoms with E-state index >= 15 is 0 Å². The van der Waals surface area contributed by atoms with Crippen LogP contribution in [0.1, 0.15) is 36.1 Å². The second-order valence-corrected chi connectivity index (χ2v) is 6.58. The third-order valence-electron chi connectivity index (χ3n) is 4.14. The molecule has 0 atom stereocenters. The minimum absolute atomic E-state index is 0.236. The van der Waals surface area contributed by atoms with E-state index in [0.717, 1.165) is 34.6 Å². The second kappa shape index (κ2) is 5.31. The quantitative estimate of drug-likeness (QED) is 0.815. The monoisotopic (exact) mass is 300 g/mol. The van der Waals surface area contributed by atoms with Crippen molar-refractivity contribution in [3.05, 3.63) is 58.4 Å². The third-order valence-corrected chi connectivity index (χ3v) is 4.14. The number of hydrogen-bond donors (Lipinski definition) is 0. The Labute approximate surface area is 130 Å². The Hall–Kier alpha value is -2.03. The minimum Gasteiger partial charge on any atom is -0.488 e. The molecule has 0 unspecified atom stereocenters. The summed E-state index contributed by atoms with van der Waals surface area (Å²) in [7, 11) is 0. The number of rotatable bonds is 3. The lowest BCUT2D eigenvalue weighted by Crippen LogP contribution is -2.25. The molecule has 1 aliphatic heterocycles. The zero-order chi connectivity index (χ0) is 15.9. The molecule has 0 saturated heterocycles. The van der Waals surface area contributed by atoms with Crippen molar-refractivity contribution in [1.29, 1.82) is 0 Å². The molecule has 3 rings (SSSR count). The Morgan fingerprint density at radius 1 is 1.23 bits per heavy atom. The number of aryl methyl sites for hydroxylation is 1. The Balaban J connectivity index is 1.87. The minimum atomic E-state index is -0.288. The normalized spacial score (nSPS) is 15.3. The van der Waals surface area contributed by atoms with Crippen molar-refractivity contribution in [3.8, 4) is 11.5 Å². The summed E-state index contributed by atoms with van der Waals surface area (Å²) in [5.74, 6) is 1.37. The van der Waals surface area contributed by atoms with Gasteiger partial charge < -0.3 is 9.47 Å². The SMILES string of the molecule is Cc1cccc(OCc2cc(F)cc3c2OC(C)(C)C3)c1C. The molecule has 116 valence electrons. The van der Waals surface area contributed by atoms with Gasteiger partial charge in [-0.3, -0.25) is 0 Å². The van der Waals surface area contributed by atoms with Gasteiger partial charge in [-0.1, -0.05) is 12.1 Å². The molecule has 0 bridgehead atoms. The fourth-order valence-electron chi connectivity index (χ4n) is 2.89. The van der Waals surface area contributed by atoms with E-state index in [4.69, 9.17) is 9.47 Å². The topological polar surface area (TPSA) is 18.5 Å².